The molecular formula is C23H42O5SSi2. The van der Waals surface area contributed by atoms with Crippen LogP contribution in [0.25, 0.3) is 0 Å². The summed E-state index contributed by atoms with van der Waals surface area (Å²) < 4.78 is 38.2. The first-order valence-electron chi connectivity index (χ1n) is 10.9. The van der Waals surface area contributed by atoms with Crippen molar-refractivity contribution < 1.29 is 22.1 Å². The minimum atomic E-state index is -3.67. The zero-order chi connectivity index (χ0) is 24.3. The maximum absolute atomic E-state index is 12.8. The number of Topliss-reactive ketones (excluding diaryl/α,β-unsaturated/α-hetero) is 1. The molecule has 0 aliphatic carbocycles. The van der Waals surface area contributed by atoms with Crippen LogP contribution in [0.1, 0.15) is 48.0 Å². The lowest BCUT2D eigenvalue weighted by Crippen LogP contribution is -2.48. The van der Waals surface area contributed by atoms with Crippen molar-refractivity contribution in [2.75, 3.05) is 12.4 Å². The van der Waals surface area contributed by atoms with Crippen molar-refractivity contribution in [3.8, 4) is 0 Å². The first-order valence-corrected chi connectivity index (χ1v) is 18.4. The lowest BCUT2D eigenvalue weighted by atomic mass is 10.2. The third kappa shape index (κ3) is 8.24. The van der Waals surface area contributed by atoms with E-state index in [1.54, 1.807) is 18.2 Å². The Morgan fingerprint density at radius 2 is 1.39 bits per heavy atom. The molecule has 0 spiro atoms. The summed E-state index contributed by atoms with van der Waals surface area (Å²) in [4.78, 5) is 13.0. The minimum absolute atomic E-state index is 0.0264. The number of hydrogen-bond donors (Lipinski definition) is 0. The quantitative estimate of drug-likeness (QED) is 0.389. The number of carbonyl (C=O) groups is 1. The van der Waals surface area contributed by atoms with Crippen molar-refractivity contribution in [3.63, 3.8) is 0 Å². The van der Waals surface area contributed by atoms with Crippen LogP contribution in [0.15, 0.2) is 35.2 Å². The Morgan fingerprint density at radius 1 is 0.903 bits per heavy atom. The van der Waals surface area contributed by atoms with Gasteiger partial charge in [0.25, 0.3) is 0 Å². The van der Waals surface area contributed by atoms with Crippen LogP contribution in [-0.4, -0.2) is 49.3 Å². The molecule has 0 saturated carbocycles. The highest BCUT2D eigenvalue weighted by atomic mass is 32.2. The minimum Gasteiger partial charge on any atom is -0.414 e. The summed E-state index contributed by atoms with van der Waals surface area (Å²) in [5.41, 5.74) is 0. The van der Waals surface area contributed by atoms with Crippen molar-refractivity contribution in [3.05, 3.63) is 30.3 Å². The molecule has 1 rings (SSSR count). The van der Waals surface area contributed by atoms with Gasteiger partial charge in [-0.05, 0) is 48.4 Å². The standard InChI is InChI=1S/C23H42O5SSi2/c1-22(2,3)30(7,8)27-17-20(28-31(9,10)23(4,5)6)16-19(24)18-29(25,26)21-14-12-11-13-15-21/h11-15,20H,16-18H2,1-10H3/t20-/m0/s1. The van der Waals surface area contributed by atoms with Gasteiger partial charge in [0.2, 0.25) is 0 Å². The van der Waals surface area contributed by atoms with Crippen LogP contribution in [-0.2, 0) is 23.5 Å². The molecule has 0 aliphatic heterocycles. The lowest BCUT2D eigenvalue weighted by Gasteiger charge is -2.41. The van der Waals surface area contributed by atoms with Crippen LogP contribution >= 0.6 is 0 Å². The van der Waals surface area contributed by atoms with Gasteiger partial charge in [0.05, 0.1) is 17.6 Å². The molecule has 0 bridgehead atoms. The van der Waals surface area contributed by atoms with Crippen molar-refractivity contribution >= 4 is 32.3 Å². The Labute approximate surface area is 192 Å². The van der Waals surface area contributed by atoms with E-state index < -0.39 is 38.3 Å². The van der Waals surface area contributed by atoms with Gasteiger partial charge in [0.15, 0.2) is 32.3 Å². The molecule has 0 aromatic heterocycles. The number of hydrogen-bond acceptors (Lipinski definition) is 5. The average Bonchev–Trinajstić information content (AvgIpc) is 2.57. The molecule has 31 heavy (non-hydrogen) atoms. The number of carbonyl (C=O) groups excluding carboxylic acids is 1. The van der Waals surface area contributed by atoms with Gasteiger partial charge in [-0.3, -0.25) is 4.79 Å². The zero-order valence-corrected chi connectivity index (χ0v) is 23.9. The largest absolute Gasteiger partial charge is 0.414 e. The van der Waals surface area contributed by atoms with Gasteiger partial charge in [-0.2, -0.15) is 0 Å². The fraction of sp³-hybridized carbons (Fsp3) is 0.696. The maximum atomic E-state index is 12.8. The predicted octanol–water partition coefficient (Wildman–Crippen LogP) is 5.83. The Morgan fingerprint density at radius 3 is 1.84 bits per heavy atom. The molecule has 0 amide bonds. The SMILES string of the molecule is CC(C)(C)[Si](C)(C)OC[C@H](CC(=O)CS(=O)(=O)c1ccccc1)O[Si](C)(C)C(C)(C)C. The normalized spacial score (nSPS) is 15.0. The monoisotopic (exact) mass is 486 g/mol. The molecule has 0 saturated heterocycles. The third-order valence-electron chi connectivity index (χ3n) is 6.61. The fourth-order valence-corrected chi connectivity index (χ4v) is 6.14. The highest BCUT2D eigenvalue weighted by Gasteiger charge is 2.42. The van der Waals surface area contributed by atoms with Gasteiger partial charge in [-0.1, -0.05) is 59.7 Å². The zero-order valence-electron chi connectivity index (χ0n) is 21.0. The van der Waals surface area contributed by atoms with Crippen molar-refractivity contribution in [2.45, 2.75) is 95.2 Å². The maximum Gasteiger partial charge on any atom is 0.192 e. The summed E-state index contributed by atoms with van der Waals surface area (Å²) in [7, 11) is -7.87. The second kappa shape index (κ2) is 9.99. The van der Waals surface area contributed by atoms with E-state index in [0.29, 0.717) is 6.61 Å². The summed E-state index contributed by atoms with van der Waals surface area (Å²) in [6.45, 7) is 21.8. The van der Waals surface area contributed by atoms with Gasteiger partial charge in [0, 0.05) is 6.42 Å². The lowest BCUT2D eigenvalue weighted by molar-refractivity contribution is -0.118. The fourth-order valence-electron chi connectivity index (χ4n) is 2.48. The van der Waals surface area contributed by atoms with Gasteiger partial charge in [0.1, 0.15) is 5.75 Å². The van der Waals surface area contributed by atoms with Gasteiger partial charge in [-0.25, -0.2) is 8.42 Å². The van der Waals surface area contributed by atoms with E-state index in [0.717, 1.165) is 0 Å². The Hall–Kier alpha value is -0.806. The van der Waals surface area contributed by atoms with Crippen molar-refractivity contribution in [1.29, 1.82) is 0 Å². The van der Waals surface area contributed by atoms with E-state index in [1.807, 2.05) is 0 Å². The van der Waals surface area contributed by atoms with Gasteiger partial charge in [-0.15, -0.1) is 0 Å². The van der Waals surface area contributed by atoms with E-state index in [-0.39, 0.29) is 27.2 Å². The molecule has 1 aromatic rings. The number of ketones is 1. The van der Waals surface area contributed by atoms with E-state index in [1.165, 1.54) is 12.1 Å². The topological polar surface area (TPSA) is 69.7 Å². The Kier molecular flexibility index (Phi) is 9.10. The number of sulfone groups is 1. The molecule has 0 fully saturated rings. The van der Waals surface area contributed by atoms with E-state index in [4.69, 9.17) is 8.85 Å². The highest BCUT2D eigenvalue weighted by Crippen LogP contribution is 2.39. The summed E-state index contributed by atoms with van der Waals surface area (Å²) in [5, 5.41) is 0.0105. The van der Waals surface area contributed by atoms with Crippen LogP contribution in [0.4, 0.5) is 0 Å². The second-order valence-corrected chi connectivity index (χ2v) is 22.9. The Bertz CT molecular complexity index is 835. The van der Waals surface area contributed by atoms with Crippen molar-refractivity contribution in [1.82, 2.24) is 0 Å². The second-order valence-electron chi connectivity index (χ2n) is 11.4. The molecule has 0 unspecified atom stereocenters. The van der Waals surface area contributed by atoms with Crippen LogP contribution < -0.4 is 0 Å². The van der Waals surface area contributed by atoms with Crippen LogP contribution in [0.5, 0.6) is 0 Å². The Balaban J connectivity index is 3.01. The van der Waals surface area contributed by atoms with Gasteiger partial charge < -0.3 is 8.85 Å². The molecule has 8 heteroatoms. The van der Waals surface area contributed by atoms with Crippen molar-refractivity contribution in [2.24, 2.45) is 0 Å². The van der Waals surface area contributed by atoms with E-state index in [9.17, 15) is 13.2 Å². The van der Waals surface area contributed by atoms with Gasteiger partial charge >= 0.3 is 0 Å². The summed E-state index contributed by atoms with van der Waals surface area (Å²) in [6, 6.07) is 8.11. The summed E-state index contributed by atoms with van der Waals surface area (Å²) in [6.07, 6.45) is -0.416. The van der Waals surface area contributed by atoms with E-state index >= 15 is 0 Å². The van der Waals surface area contributed by atoms with Crippen LogP contribution in [0.3, 0.4) is 0 Å². The molecule has 0 heterocycles. The average molecular weight is 487 g/mol. The smallest absolute Gasteiger partial charge is 0.192 e. The molecule has 0 N–H and O–H groups in total. The van der Waals surface area contributed by atoms with Crippen LogP contribution in [0, 0.1) is 0 Å². The summed E-state index contributed by atoms with van der Waals surface area (Å²) >= 11 is 0. The molecule has 0 radical (unpaired) electrons. The summed E-state index contributed by atoms with van der Waals surface area (Å²) in [5.74, 6) is -0.861. The number of rotatable bonds is 10. The molecule has 178 valence electrons. The molecular weight excluding hydrogens is 444 g/mol. The highest BCUT2D eigenvalue weighted by molar-refractivity contribution is 7.92. The number of benzene rings is 1. The molecule has 1 aromatic carbocycles. The van der Waals surface area contributed by atoms with Crippen LogP contribution in [0.2, 0.25) is 36.3 Å². The van der Waals surface area contributed by atoms with E-state index in [2.05, 4.69) is 67.7 Å². The molecule has 5 nitrogen and oxygen atoms in total. The first kappa shape index (κ1) is 28.2. The predicted molar refractivity (Wildman–Crippen MR) is 133 cm³/mol. The third-order valence-corrected chi connectivity index (χ3v) is 17.3. The molecule has 0 aliphatic rings. The first-order chi connectivity index (χ1) is 13.8. The molecule has 1 atom stereocenters.